The minimum atomic E-state index is 0.480. The third-order valence-electron chi connectivity index (χ3n) is 3.78. The van der Waals surface area contributed by atoms with Crippen molar-refractivity contribution >= 4 is 11.3 Å². The molecule has 0 aliphatic carbocycles. The quantitative estimate of drug-likeness (QED) is 0.865. The van der Waals surface area contributed by atoms with E-state index in [0.29, 0.717) is 12.1 Å². The van der Waals surface area contributed by atoms with Crippen LogP contribution in [0.25, 0.3) is 0 Å². The Morgan fingerprint density at radius 1 is 1.29 bits per heavy atom. The summed E-state index contributed by atoms with van der Waals surface area (Å²) >= 11 is 1.78. The van der Waals surface area contributed by atoms with Crippen molar-refractivity contribution in [1.29, 1.82) is 0 Å². The van der Waals surface area contributed by atoms with Crippen LogP contribution in [0.3, 0.4) is 0 Å². The number of piperidine rings is 1. The number of hydrogen-bond acceptors (Lipinski definition) is 3. The van der Waals surface area contributed by atoms with Crippen LogP contribution in [0.4, 0.5) is 0 Å². The molecule has 0 amide bonds. The molecular formula is C14H24N2S. The first-order valence-corrected chi connectivity index (χ1v) is 7.71. The third kappa shape index (κ3) is 3.80. The molecule has 0 radical (unpaired) electrons. The minimum absolute atomic E-state index is 0.480. The maximum Gasteiger partial charge on any atom is 0.0300 e. The van der Waals surface area contributed by atoms with E-state index in [1.54, 1.807) is 11.3 Å². The summed E-state index contributed by atoms with van der Waals surface area (Å²) in [6.45, 7) is 8.27. The predicted octanol–water partition coefficient (Wildman–Crippen LogP) is 3.27. The van der Waals surface area contributed by atoms with E-state index in [4.69, 9.17) is 0 Å². The van der Waals surface area contributed by atoms with Crippen LogP contribution in [0.1, 0.15) is 44.7 Å². The molecule has 17 heavy (non-hydrogen) atoms. The molecule has 96 valence electrons. The van der Waals surface area contributed by atoms with E-state index in [-0.39, 0.29) is 0 Å². The van der Waals surface area contributed by atoms with Crippen LogP contribution in [0.15, 0.2) is 16.8 Å². The highest BCUT2D eigenvalue weighted by atomic mass is 32.1. The third-order valence-corrected chi connectivity index (χ3v) is 4.48. The highest BCUT2D eigenvalue weighted by Gasteiger charge is 2.17. The Balaban J connectivity index is 1.73. The normalized spacial score (nSPS) is 21.3. The maximum absolute atomic E-state index is 3.65. The summed E-state index contributed by atoms with van der Waals surface area (Å²) in [7, 11) is 0. The molecule has 1 N–H and O–H groups in total. The van der Waals surface area contributed by atoms with Gasteiger partial charge in [-0.1, -0.05) is 6.42 Å². The van der Waals surface area contributed by atoms with Crippen molar-refractivity contribution in [1.82, 2.24) is 10.2 Å². The van der Waals surface area contributed by atoms with Gasteiger partial charge in [-0.05, 0) is 62.2 Å². The van der Waals surface area contributed by atoms with Crippen molar-refractivity contribution in [3.63, 3.8) is 0 Å². The molecular weight excluding hydrogens is 228 g/mol. The van der Waals surface area contributed by atoms with Crippen molar-refractivity contribution in [2.75, 3.05) is 19.6 Å². The second kappa shape index (κ2) is 6.53. The Labute approximate surface area is 109 Å². The molecule has 1 aliphatic rings. The SMILES string of the molecule is CC(NCC(C)N1CCCCC1)c1ccsc1. The summed E-state index contributed by atoms with van der Waals surface area (Å²) in [4.78, 5) is 2.62. The van der Waals surface area contributed by atoms with E-state index in [0.717, 1.165) is 6.54 Å². The van der Waals surface area contributed by atoms with E-state index in [9.17, 15) is 0 Å². The van der Waals surface area contributed by atoms with Gasteiger partial charge >= 0.3 is 0 Å². The van der Waals surface area contributed by atoms with Gasteiger partial charge in [0.15, 0.2) is 0 Å². The Morgan fingerprint density at radius 2 is 2.06 bits per heavy atom. The Kier molecular flexibility index (Phi) is 5.01. The average Bonchev–Trinajstić information content (AvgIpc) is 2.90. The molecule has 1 aliphatic heterocycles. The summed E-state index contributed by atoms with van der Waals surface area (Å²) in [6.07, 6.45) is 4.18. The lowest BCUT2D eigenvalue weighted by Crippen LogP contribution is -2.43. The fourth-order valence-corrected chi connectivity index (χ4v) is 3.23. The van der Waals surface area contributed by atoms with E-state index in [1.165, 1.54) is 37.9 Å². The number of hydrogen-bond donors (Lipinski definition) is 1. The Morgan fingerprint density at radius 3 is 2.71 bits per heavy atom. The largest absolute Gasteiger partial charge is 0.309 e. The van der Waals surface area contributed by atoms with E-state index in [1.807, 2.05) is 0 Å². The molecule has 1 fully saturated rings. The van der Waals surface area contributed by atoms with Crippen LogP contribution in [-0.4, -0.2) is 30.6 Å². The highest BCUT2D eigenvalue weighted by molar-refractivity contribution is 7.07. The molecule has 2 heterocycles. The van der Waals surface area contributed by atoms with Gasteiger partial charge in [0, 0.05) is 18.6 Å². The van der Waals surface area contributed by atoms with Gasteiger partial charge < -0.3 is 5.32 Å². The van der Waals surface area contributed by atoms with Crippen LogP contribution in [0.2, 0.25) is 0 Å². The van der Waals surface area contributed by atoms with Crippen molar-refractivity contribution in [3.8, 4) is 0 Å². The second-order valence-corrected chi connectivity index (χ2v) is 5.91. The molecule has 2 rings (SSSR count). The molecule has 1 aromatic rings. The average molecular weight is 252 g/mol. The van der Waals surface area contributed by atoms with Gasteiger partial charge in [-0.15, -0.1) is 0 Å². The first kappa shape index (κ1) is 13.1. The van der Waals surface area contributed by atoms with E-state index < -0.39 is 0 Å². The molecule has 0 saturated carbocycles. The lowest BCUT2D eigenvalue weighted by Gasteiger charge is -2.33. The van der Waals surface area contributed by atoms with Crippen LogP contribution in [-0.2, 0) is 0 Å². The van der Waals surface area contributed by atoms with Gasteiger partial charge in [0.25, 0.3) is 0 Å². The molecule has 1 saturated heterocycles. The van der Waals surface area contributed by atoms with Crippen LogP contribution < -0.4 is 5.32 Å². The number of thiophene rings is 1. The van der Waals surface area contributed by atoms with Gasteiger partial charge in [0.05, 0.1) is 0 Å². The van der Waals surface area contributed by atoms with Gasteiger partial charge in [-0.25, -0.2) is 0 Å². The Bertz CT molecular complexity index is 304. The summed E-state index contributed by atoms with van der Waals surface area (Å²) in [5.74, 6) is 0. The highest BCUT2D eigenvalue weighted by Crippen LogP contribution is 2.16. The number of rotatable bonds is 5. The molecule has 0 bridgehead atoms. The van der Waals surface area contributed by atoms with E-state index in [2.05, 4.69) is 40.9 Å². The van der Waals surface area contributed by atoms with Gasteiger partial charge in [-0.2, -0.15) is 11.3 Å². The monoisotopic (exact) mass is 252 g/mol. The summed E-state index contributed by atoms with van der Waals surface area (Å²) in [5, 5.41) is 8.04. The van der Waals surface area contributed by atoms with E-state index >= 15 is 0 Å². The van der Waals surface area contributed by atoms with Crippen LogP contribution in [0, 0.1) is 0 Å². The number of nitrogens with one attached hydrogen (secondary N) is 1. The van der Waals surface area contributed by atoms with Crippen LogP contribution in [0.5, 0.6) is 0 Å². The lowest BCUT2D eigenvalue weighted by atomic mass is 10.1. The summed E-state index contributed by atoms with van der Waals surface area (Å²) in [5.41, 5.74) is 1.42. The van der Waals surface area contributed by atoms with Crippen LogP contribution >= 0.6 is 11.3 Å². The molecule has 2 atom stereocenters. The van der Waals surface area contributed by atoms with Gasteiger partial charge in [0.2, 0.25) is 0 Å². The second-order valence-electron chi connectivity index (χ2n) is 5.13. The molecule has 0 spiro atoms. The first-order valence-electron chi connectivity index (χ1n) is 6.77. The minimum Gasteiger partial charge on any atom is -0.309 e. The number of nitrogens with zero attached hydrogens (tertiary/aromatic N) is 1. The Hall–Kier alpha value is -0.380. The predicted molar refractivity (Wildman–Crippen MR) is 75.6 cm³/mol. The van der Waals surface area contributed by atoms with Crippen molar-refractivity contribution in [3.05, 3.63) is 22.4 Å². The van der Waals surface area contributed by atoms with Crippen molar-refractivity contribution < 1.29 is 0 Å². The smallest absolute Gasteiger partial charge is 0.0300 e. The standard InChI is InChI=1S/C14H24N2S/c1-12(16-7-4-3-5-8-16)10-15-13(2)14-6-9-17-11-14/h6,9,11-13,15H,3-5,7-8,10H2,1-2H3. The number of likely N-dealkylation sites (tertiary alicyclic amines) is 1. The van der Waals surface area contributed by atoms with Gasteiger partial charge in [-0.3, -0.25) is 4.90 Å². The summed E-state index contributed by atoms with van der Waals surface area (Å²) < 4.78 is 0. The molecule has 0 aromatic carbocycles. The molecule has 1 aromatic heterocycles. The topological polar surface area (TPSA) is 15.3 Å². The van der Waals surface area contributed by atoms with Gasteiger partial charge in [0.1, 0.15) is 0 Å². The molecule has 2 unspecified atom stereocenters. The zero-order valence-electron chi connectivity index (χ0n) is 11.0. The zero-order valence-corrected chi connectivity index (χ0v) is 11.8. The summed E-state index contributed by atoms with van der Waals surface area (Å²) in [6, 6.07) is 3.36. The fourth-order valence-electron chi connectivity index (χ4n) is 2.47. The van der Waals surface area contributed by atoms with Crippen molar-refractivity contribution in [2.24, 2.45) is 0 Å². The first-order chi connectivity index (χ1) is 8.27. The fraction of sp³-hybridized carbons (Fsp3) is 0.714. The van der Waals surface area contributed by atoms with Crippen molar-refractivity contribution in [2.45, 2.75) is 45.2 Å². The molecule has 3 heteroatoms. The lowest BCUT2D eigenvalue weighted by molar-refractivity contribution is 0.168. The maximum atomic E-state index is 3.65. The molecule has 2 nitrogen and oxygen atoms in total. The zero-order chi connectivity index (χ0) is 12.1.